The van der Waals surface area contributed by atoms with E-state index >= 15 is 0 Å². The number of methoxy groups -OCH3 is 2. The molecule has 2 aromatic carbocycles. The van der Waals surface area contributed by atoms with Crippen molar-refractivity contribution in [3.8, 4) is 23.0 Å². The lowest BCUT2D eigenvalue weighted by molar-refractivity contribution is -0.147. The van der Waals surface area contributed by atoms with Gasteiger partial charge in [-0.3, -0.25) is 9.98 Å². The Hall–Kier alpha value is -5.48. The van der Waals surface area contributed by atoms with E-state index in [0.717, 1.165) is 44.8 Å². The quantitative estimate of drug-likeness (QED) is 0.0527. The van der Waals surface area contributed by atoms with Crippen molar-refractivity contribution in [3.63, 3.8) is 0 Å². The van der Waals surface area contributed by atoms with Gasteiger partial charge in [0.15, 0.2) is 33.3 Å². The number of carbonyl (C=O) groups is 2. The van der Waals surface area contributed by atoms with Gasteiger partial charge in [0.1, 0.15) is 12.2 Å². The number of hydrogen-bond donors (Lipinski definition) is 0. The van der Waals surface area contributed by atoms with Crippen LogP contribution >= 0.6 is 23.5 Å². The highest BCUT2D eigenvalue weighted by Gasteiger charge is 2.41. The number of hydrogen-bond acceptors (Lipinski definition) is 16. The lowest BCUT2D eigenvalue weighted by Gasteiger charge is -2.38. The number of carbonyl (C=O) groups excluding carboxylic acids is 2. The summed E-state index contributed by atoms with van der Waals surface area (Å²) in [4.78, 5) is 54.9. The van der Waals surface area contributed by atoms with Crippen LogP contribution in [0.1, 0.15) is 97.6 Å². The number of aliphatic imine (C=N–C) groups is 2. The summed E-state index contributed by atoms with van der Waals surface area (Å²) in [6.07, 6.45) is 16.4. The molecule has 2 fully saturated rings. The van der Waals surface area contributed by atoms with Crippen LogP contribution in [0.3, 0.4) is 0 Å². The Labute approximate surface area is 369 Å². The standard InChI is InChI=1S/C46H50N6O8S2/c1-7-57-39-17-29-31-15-27(9-11-35(31)51-43(33(29)19-37(39)55-3)25-21-47-45(61-5)48-22-25)59-41(53)13-14-42(54)60-28-10-12-36-32(16-28)30-18-40(58-8-2)38(56-4)20-34(30)44(52-36)26-23-49-46(62-6)50-24-26/h13-14,17-24,27-28,31-32,35-36H,7-12,15-16H2,1-6H3/b14-13+/t27-,28-,31-,32-,35-,36-/m1/s1. The van der Waals surface area contributed by atoms with Gasteiger partial charge in [-0.15, -0.1) is 0 Å². The van der Waals surface area contributed by atoms with Gasteiger partial charge in [0.25, 0.3) is 0 Å². The first-order chi connectivity index (χ1) is 30.2. The minimum atomic E-state index is -0.597. The first-order valence-electron chi connectivity index (χ1n) is 20.9. The first-order valence-corrected chi connectivity index (χ1v) is 23.4. The molecule has 0 amide bonds. The molecule has 0 bridgehead atoms. The average Bonchev–Trinajstić information content (AvgIpc) is 3.30. The molecule has 8 rings (SSSR count). The van der Waals surface area contributed by atoms with Gasteiger partial charge in [0, 0.05) is 71.0 Å². The van der Waals surface area contributed by atoms with E-state index in [-0.39, 0.29) is 36.1 Å². The molecule has 14 nitrogen and oxygen atoms in total. The maximum absolute atomic E-state index is 13.2. The largest absolute Gasteiger partial charge is 0.493 e. The second-order valence-corrected chi connectivity index (χ2v) is 16.9. The highest BCUT2D eigenvalue weighted by Crippen LogP contribution is 2.47. The fourth-order valence-electron chi connectivity index (χ4n) is 9.02. The van der Waals surface area contributed by atoms with Gasteiger partial charge in [-0.2, -0.15) is 0 Å². The number of thioether (sulfide) groups is 2. The maximum atomic E-state index is 13.2. The molecule has 6 atom stereocenters. The highest BCUT2D eigenvalue weighted by atomic mass is 32.2. The lowest BCUT2D eigenvalue weighted by atomic mass is 9.74. The van der Waals surface area contributed by atoms with Crippen LogP contribution in [0.2, 0.25) is 0 Å². The van der Waals surface area contributed by atoms with Gasteiger partial charge >= 0.3 is 11.9 Å². The molecule has 0 unspecified atom stereocenters. The molecule has 2 saturated carbocycles. The molecule has 324 valence electrons. The third-order valence-corrected chi connectivity index (χ3v) is 12.9. The molecule has 4 aromatic rings. The van der Waals surface area contributed by atoms with Crippen molar-refractivity contribution < 1.29 is 38.0 Å². The van der Waals surface area contributed by atoms with E-state index in [2.05, 4.69) is 19.9 Å². The van der Waals surface area contributed by atoms with Gasteiger partial charge in [-0.05, 0) is 100 Å². The van der Waals surface area contributed by atoms with Crippen molar-refractivity contribution in [1.82, 2.24) is 19.9 Å². The Bertz CT molecular complexity index is 2230. The SMILES string of the molecule is CCOc1cc2c(cc1OC)C(c1cnc(SC)nc1)=N[C@@H]1CC[C@@H](OC(=O)/C=C/C(=O)O[C@@H]3CC[C@H]4N=C(c5cnc(SC)nc5)c5cc(OC)c(OCC)cc5[C@H]4C3)C[C@H]21. The second-order valence-electron chi connectivity index (χ2n) is 15.3. The smallest absolute Gasteiger partial charge is 0.331 e. The molecule has 0 N–H and O–H groups in total. The zero-order valence-corrected chi connectivity index (χ0v) is 37.3. The summed E-state index contributed by atoms with van der Waals surface area (Å²) >= 11 is 2.96. The van der Waals surface area contributed by atoms with Crippen LogP contribution in [0.15, 0.2) is 81.5 Å². The fraction of sp³-hybridized carbons (Fsp3) is 0.435. The second kappa shape index (κ2) is 19.3. The summed E-state index contributed by atoms with van der Waals surface area (Å²) in [5.74, 6) is 1.23. The molecule has 4 aliphatic rings. The molecule has 0 radical (unpaired) electrons. The normalized spacial score (nSPS) is 22.5. The predicted octanol–water partition coefficient (Wildman–Crippen LogP) is 7.58. The van der Waals surface area contributed by atoms with E-state index in [1.165, 1.54) is 35.7 Å². The third kappa shape index (κ3) is 9.03. The van der Waals surface area contributed by atoms with Crippen LogP contribution < -0.4 is 18.9 Å². The van der Waals surface area contributed by atoms with Gasteiger partial charge in [0.2, 0.25) is 0 Å². The van der Waals surface area contributed by atoms with Gasteiger partial charge in [-0.1, -0.05) is 23.5 Å². The van der Waals surface area contributed by atoms with Crippen molar-refractivity contribution in [2.75, 3.05) is 39.9 Å². The van der Waals surface area contributed by atoms with Crippen LogP contribution in [0.5, 0.6) is 23.0 Å². The number of fused-ring (bicyclic) bond motifs is 6. The van der Waals surface area contributed by atoms with Crippen molar-refractivity contribution >= 4 is 46.9 Å². The number of esters is 2. The summed E-state index contributed by atoms with van der Waals surface area (Å²) in [5.41, 5.74) is 7.14. The van der Waals surface area contributed by atoms with Crippen molar-refractivity contribution in [2.24, 2.45) is 9.98 Å². The van der Waals surface area contributed by atoms with E-state index in [4.69, 9.17) is 38.4 Å². The lowest BCUT2D eigenvalue weighted by Crippen LogP contribution is -2.36. The fourth-order valence-corrected chi connectivity index (χ4v) is 9.65. The molecule has 2 aliphatic carbocycles. The van der Waals surface area contributed by atoms with Crippen molar-refractivity contribution in [3.05, 3.63) is 94.6 Å². The third-order valence-electron chi connectivity index (χ3n) is 11.8. The van der Waals surface area contributed by atoms with Crippen LogP contribution in [-0.2, 0) is 19.1 Å². The minimum Gasteiger partial charge on any atom is -0.493 e. The summed E-state index contributed by atoms with van der Waals surface area (Å²) in [6.45, 7) is 4.82. The van der Waals surface area contributed by atoms with Gasteiger partial charge in [0.05, 0.1) is 50.9 Å². The zero-order chi connectivity index (χ0) is 43.3. The molecule has 62 heavy (non-hydrogen) atoms. The number of aromatic nitrogens is 4. The number of ether oxygens (including phenoxy) is 6. The Morgan fingerprint density at radius 2 is 1.02 bits per heavy atom. The van der Waals surface area contributed by atoms with E-state index in [1.807, 2.05) is 50.6 Å². The molecule has 16 heteroatoms. The monoisotopic (exact) mass is 878 g/mol. The topological polar surface area (TPSA) is 166 Å². The number of nitrogens with zero attached hydrogens (tertiary/aromatic N) is 6. The van der Waals surface area contributed by atoms with Crippen molar-refractivity contribution in [1.29, 1.82) is 0 Å². The van der Waals surface area contributed by atoms with E-state index < -0.39 is 11.9 Å². The van der Waals surface area contributed by atoms with Crippen LogP contribution in [-0.4, -0.2) is 108 Å². The first kappa shape index (κ1) is 43.2. The number of rotatable bonds is 14. The number of benzene rings is 2. The Morgan fingerprint density at radius 3 is 1.37 bits per heavy atom. The summed E-state index contributed by atoms with van der Waals surface area (Å²) in [7, 11) is 3.24. The van der Waals surface area contributed by atoms with Gasteiger partial charge in [-0.25, -0.2) is 29.5 Å². The minimum absolute atomic E-state index is 0.0362. The van der Waals surface area contributed by atoms with Crippen LogP contribution in [0.25, 0.3) is 0 Å². The van der Waals surface area contributed by atoms with E-state index in [9.17, 15) is 9.59 Å². The predicted molar refractivity (Wildman–Crippen MR) is 237 cm³/mol. The summed E-state index contributed by atoms with van der Waals surface area (Å²) in [5, 5.41) is 1.37. The molecular weight excluding hydrogens is 829 g/mol. The highest BCUT2D eigenvalue weighted by molar-refractivity contribution is 7.98. The maximum Gasteiger partial charge on any atom is 0.331 e. The molecule has 0 spiro atoms. The van der Waals surface area contributed by atoms with Gasteiger partial charge < -0.3 is 28.4 Å². The molecule has 4 heterocycles. The molecule has 2 aliphatic heterocycles. The molecule has 2 aromatic heterocycles. The molecule has 0 saturated heterocycles. The Kier molecular flexibility index (Phi) is 13.4. The van der Waals surface area contributed by atoms with Crippen LogP contribution in [0.4, 0.5) is 0 Å². The van der Waals surface area contributed by atoms with E-state index in [1.54, 1.807) is 39.0 Å². The average molecular weight is 879 g/mol. The summed E-state index contributed by atoms with van der Waals surface area (Å²) in [6, 6.07) is 7.89. The Balaban J connectivity index is 0.940. The van der Waals surface area contributed by atoms with Crippen molar-refractivity contribution in [2.45, 2.75) is 98.8 Å². The van der Waals surface area contributed by atoms with Crippen LogP contribution in [0, 0.1) is 0 Å². The zero-order valence-electron chi connectivity index (χ0n) is 35.7. The molecular formula is C46H50N6O8S2. The Morgan fingerprint density at radius 1 is 0.613 bits per heavy atom. The van der Waals surface area contributed by atoms with E-state index in [0.29, 0.717) is 85.0 Å². The summed E-state index contributed by atoms with van der Waals surface area (Å²) < 4.78 is 35.4.